The lowest BCUT2D eigenvalue weighted by Gasteiger charge is -2.60. The molecule has 8 atom stereocenters. The first-order chi connectivity index (χ1) is 14.1. The second kappa shape index (κ2) is 6.93. The van der Waals surface area contributed by atoms with Crippen molar-refractivity contribution >= 4 is 6.08 Å². The third-order valence-corrected chi connectivity index (χ3v) is 10.4. The smallest absolute Gasteiger partial charge is 0.0809 e. The Morgan fingerprint density at radius 3 is 2.43 bits per heavy atom. The molecule has 0 aliphatic heterocycles. The van der Waals surface area contributed by atoms with Crippen LogP contribution < -0.4 is 0 Å². The zero-order valence-corrected chi connectivity index (χ0v) is 19.5. The van der Waals surface area contributed by atoms with Crippen LogP contribution in [0.5, 0.6) is 0 Å². The molecule has 4 nitrogen and oxygen atoms in total. The van der Waals surface area contributed by atoms with Gasteiger partial charge in [0.05, 0.1) is 17.9 Å². The molecule has 0 bridgehead atoms. The van der Waals surface area contributed by atoms with Gasteiger partial charge in [-0.15, -0.1) is 0 Å². The summed E-state index contributed by atoms with van der Waals surface area (Å²) in [5, 5.41) is 26.3. The van der Waals surface area contributed by atoms with E-state index in [1.807, 2.05) is 11.7 Å². The molecule has 4 aliphatic carbocycles. The van der Waals surface area contributed by atoms with Gasteiger partial charge in [-0.3, -0.25) is 4.68 Å². The molecule has 1 aromatic rings. The Morgan fingerprint density at radius 2 is 1.73 bits per heavy atom. The summed E-state index contributed by atoms with van der Waals surface area (Å²) < 4.78 is 1.95. The Balaban J connectivity index is 1.46. The lowest BCUT2D eigenvalue weighted by molar-refractivity contribution is -0.133. The highest BCUT2D eigenvalue weighted by Gasteiger charge is 2.61. The molecule has 0 saturated heterocycles. The summed E-state index contributed by atoms with van der Waals surface area (Å²) in [4.78, 5) is 0. The average Bonchev–Trinajstić information content (AvgIpc) is 3.10. The molecule has 0 aromatic carbocycles. The van der Waals surface area contributed by atoms with E-state index < -0.39 is 0 Å². The van der Waals surface area contributed by atoms with Crippen molar-refractivity contribution in [1.82, 2.24) is 9.78 Å². The Labute approximate surface area is 181 Å². The summed E-state index contributed by atoms with van der Waals surface area (Å²) in [6.45, 7) is 9.10. The molecule has 30 heavy (non-hydrogen) atoms. The van der Waals surface area contributed by atoms with E-state index in [1.165, 1.54) is 42.5 Å². The predicted molar refractivity (Wildman–Crippen MR) is 120 cm³/mol. The van der Waals surface area contributed by atoms with Crippen molar-refractivity contribution in [2.45, 2.75) is 91.3 Å². The number of rotatable bonds is 1. The lowest BCUT2D eigenvalue weighted by atomic mass is 9.45. The standard InChI is InChI=1S/C26H40N2O2/c1-15-21(16(2)28(5)27-15)12-17-13-23-20-7-6-18-14-19(29)8-10-25(18,3)22(20)9-11-26(23,4)24(17)30/h12,18-20,22-24,29-30H,6-11,13-14H2,1-5H3/b17-12+. The molecule has 4 fully saturated rings. The molecular formula is C26H40N2O2. The van der Waals surface area contributed by atoms with Gasteiger partial charge >= 0.3 is 0 Å². The predicted octanol–water partition coefficient (Wildman–Crippen LogP) is 4.79. The normalized spacial score (nSPS) is 47.1. The minimum atomic E-state index is -0.332. The van der Waals surface area contributed by atoms with E-state index in [1.54, 1.807) is 0 Å². The summed E-state index contributed by atoms with van der Waals surface area (Å²) >= 11 is 0. The lowest BCUT2D eigenvalue weighted by Crippen LogP contribution is -2.54. The van der Waals surface area contributed by atoms with E-state index in [4.69, 9.17) is 0 Å². The first kappa shape index (κ1) is 20.8. The quantitative estimate of drug-likeness (QED) is 0.697. The number of hydrogen-bond donors (Lipinski definition) is 2. The van der Waals surface area contributed by atoms with Crippen LogP contribution >= 0.6 is 0 Å². The summed E-state index contributed by atoms with van der Waals surface area (Å²) in [6.07, 6.45) is 11.0. The molecular weight excluding hydrogens is 372 g/mol. The molecule has 4 aliphatic rings. The van der Waals surface area contributed by atoms with Crippen LogP contribution in [0, 0.1) is 48.3 Å². The van der Waals surface area contributed by atoms with Crippen molar-refractivity contribution in [2.24, 2.45) is 41.5 Å². The zero-order valence-electron chi connectivity index (χ0n) is 19.5. The summed E-state index contributed by atoms with van der Waals surface area (Å²) in [5.74, 6) is 2.75. The number of fused-ring (bicyclic) bond motifs is 5. The van der Waals surface area contributed by atoms with Gasteiger partial charge in [0.25, 0.3) is 0 Å². The molecule has 0 amide bonds. The fraction of sp³-hybridized carbons (Fsp3) is 0.808. The van der Waals surface area contributed by atoms with Crippen LogP contribution in [0.25, 0.3) is 6.08 Å². The monoisotopic (exact) mass is 412 g/mol. The van der Waals surface area contributed by atoms with Gasteiger partial charge in [0.2, 0.25) is 0 Å². The molecule has 1 aromatic heterocycles. The summed E-state index contributed by atoms with van der Waals surface area (Å²) in [7, 11) is 2.00. The topological polar surface area (TPSA) is 58.3 Å². The average molecular weight is 413 g/mol. The van der Waals surface area contributed by atoms with Crippen LogP contribution in [-0.4, -0.2) is 32.2 Å². The molecule has 1 heterocycles. The first-order valence-corrected chi connectivity index (χ1v) is 12.2. The SMILES string of the molecule is Cc1nn(C)c(C)c1/C=C1\CC2C3CCC4CC(O)CCC4(C)C3CCC2(C)C1O. The molecule has 4 saturated carbocycles. The largest absolute Gasteiger partial charge is 0.393 e. The maximum Gasteiger partial charge on any atom is 0.0809 e. The third kappa shape index (κ3) is 2.82. The Kier molecular flexibility index (Phi) is 4.80. The van der Waals surface area contributed by atoms with Crippen molar-refractivity contribution in [3.05, 3.63) is 22.5 Å². The van der Waals surface area contributed by atoms with Crippen LogP contribution in [0.15, 0.2) is 5.57 Å². The van der Waals surface area contributed by atoms with Crippen molar-refractivity contribution < 1.29 is 10.2 Å². The number of hydrogen-bond acceptors (Lipinski definition) is 3. The Bertz CT molecular complexity index is 873. The van der Waals surface area contributed by atoms with E-state index in [9.17, 15) is 10.2 Å². The molecule has 0 spiro atoms. The Morgan fingerprint density at radius 1 is 1.00 bits per heavy atom. The Hall–Kier alpha value is -1.13. The third-order valence-electron chi connectivity index (χ3n) is 10.4. The maximum atomic E-state index is 11.5. The van der Waals surface area contributed by atoms with Gasteiger partial charge < -0.3 is 10.2 Å². The molecule has 0 radical (unpaired) electrons. The van der Waals surface area contributed by atoms with E-state index >= 15 is 0 Å². The van der Waals surface area contributed by atoms with Gasteiger partial charge in [0.15, 0.2) is 0 Å². The number of aliphatic hydroxyl groups is 2. The number of aromatic nitrogens is 2. The van der Waals surface area contributed by atoms with E-state index in [2.05, 4.69) is 38.9 Å². The van der Waals surface area contributed by atoms with Crippen LogP contribution in [0.4, 0.5) is 0 Å². The van der Waals surface area contributed by atoms with Crippen molar-refractivity contribution in [3.63, 3.8) is 0 Å². The molecule has 2 N–H and O–H groups in total. The fourth-order valence-electron chi connectivity index (χ4n) is 8.42. The summed E-state index contributed by atoms with van der Waals surface area (Å²) in [5.41, 5.74) is 5.06. The molecule has 166 valence electrons. The highest BCUT2D eigenvalue weighted by molar-refractivity contribution is 5.59. The number of aliphatic hydroxyl groups excluding tert-OH is 2. The van der Waals surface area contributed by atoms with Crippen molar-refractivity contribution in [1.29, 1.82) is 0 Å². The van der Waals surface area contributed by atoms with Gasteiger partial charge in [-0.05, 0) is 106 Å². The van der Waals surface area contributed by atoms with E-state index in [-0.39, 0.29) is 17.6 Å². The molecule has 8 unspecified atom stereocenters. The van der Waals surface area contributed by atoms with Gasteiger partial charge in [0, 0.05) is 23.7 Å². The molecule has 5 rings (SSSR count). The summed E-state index contributed by atoms with van der Waals surface area (Å²) in [6, 6.07) is 0. The van der Waals surface area contributed by atoms with Crippen LogP contribution in [0.2, 0.25) is 0 Å². The number of aryl methyl sites for hydroxylation is 2. The van der Waals surface area contributed by atoms with Crippen molar-refractivity contribution in [3.8, 4) is 0 Å². The van der Waals surface area contributed by atoms with E-state index in [0.717, 1.165) is 43.2 Å². The van der Waals surface area contributed by atoms with Gasteiger partial charge in [-0.1, -0.05) is 13.8 Å². The highest BCUT2D eigenvalue weighted by atomic mass is 16.3. The van der Waals surface area contributed by atoms with Crippen LogP contribution in [0.1, 0.15) is 82.2 Å². The first-order valence-electron chi connectivity index (χ1n) is 12.2. The zero-order chi connectivity index (χ0) is 21.4. The molecule has 4 heteroatoms. The highest BCUT2D eigenvalue weighted by Crippen LogP contribution is 2.67. The van der Waals surface area contributed by atoms with Crippen LogP contribution in [0.3, 0.4) is 0 Å². The maximum absolute atomic E-state index is 11.5. The van der Waals surface area contributed by atoms with Gasteiger partial charge in [-0.2, -0.15) is 5.10 Å². The van der Waals surface area contributed by atoms with Crippen LogP contribution in [-0.2, 0) is 7.05 Å². The second-order valence-corrected chi connectivity index (χ2v) is 11.7. The fourth-order valence-corrected chi connectivity index (χ4v) is 8.42. The minimum Gasteiger partial charge on any atom is -0.393 e. The van der Waals surface area contributed by atoms with E-state index in [0.29, 0.717) is 17.3 Å². The minimum absolute atomic E-state index is 0.00833. The number of nitrogens with zero attached hydrogens (tertiary/aromatic N) is 2. The van der Waals surface area contributed by atoms with Gasteiger partial charge in [-0.25, -0.2) is 0 Å². The van der Waals surface area contributed by atoms with Gasteiger partial charge in [0.1, 0.15) is 0 Å². The van der Waals surface area contributed by atoms with Crippen molar-refractivity contribution in [2.75, 3.05) is 0 Å². The second-order valence-electron chi connectivity index (χ2n) is 11.7.